The van der Waals surface area contributed by atoms with Gasteiger partial charge in [0.05, 0.1) is 5.92 Å². The minimum Gasteiger partial charge on any atom is -0.481 e. The van der Waals surface area contributed by atoms with E-state index in [0.717, 1.165) is 19.4 Å². The predicted molar refractivity (Wildman–Crippen MR) is 80.7 cm³/mol. The number of amides is 2. The lowest BCUT2D eigenvalue weighted by Crippen LogP contribution is -2.41. The van der Waals surface area contributed by atoms with Crippen LogP contribution in [0.4, 0.5) is 10.6 Å². The van der Waals surface area contributed by atoms with Gasteiger partial charge in [-0.25, -0.2) is 4.79 Å². The molecule has 22 heavy (non-hydrogen) atoms. The van der Waals surface area contributed by atoms with E-state index >= 15 is 0 Å². The van der Waals surface area contributed by atoms with Crippen LogP contribution in [0.3, 0.4) is 0 Å². The summed E-state index contributed by atoms with van der Waals surface area (Å²) >= 11 is 0. The van der Waals surface area contributed by atoms with E-state index in [1.165, 1.54) is 12.1 Å². The van der Waals surface area contributed by atoms with Crippen LogP contribution >= 0.6 is 0 Å². The van der Waals surface area contributed by atoms with E-state index in [1.807, 2.05) is 10.7 Å². The Labute approximate surface area is 129 Å². The van der Waals surface area contributed by atoms with Crippen LogP contribution < -0.4 is 10.6 Å². The second-order valence-corrected chi connectivity index (χ2v) is 6.19. The first kappa shape index (κ1) is 14.9. The second-order valence-electron chi connectivity index (χ2n) is 6.19. The van der Waals surface area contributed by atoms with Gasteiger partial charge < -0.3 is 10.4 Å². The lowest BCUT2D eigenvalue weighted by atomic mass is 9.86. The number of nitrogens with one attached hydrogen (secondary N) is 2. The van der Waals surface area contributed by atoms with Crippen LogP contribution in [-0.4, -0.2) is 32.9 Å². The predicted octanol–water partition coefficient (Wildman–Crippen LogP) is 1.98. The summed E-state index contributed by atoms with van der Waals surface area (Å²) in [5.74, 6) is -0.402. The summed E-state index contributed by atoms with van der Waals surface area (Å²) in [6.45, 7) is 0.915. The molecule has 120 valence electrons. The molecule has 0 aromatic carbocycles. The monoisotopic (exact) mass is 306 g/mol. The molecule has 2 amide bonds. The number of rotatable bonds is 3. The summed E-state index contributed by atoms with van der Waals surface area (Å²) in [6, 6.07) is 1.72. The molecule has 0 atom stereocenters. The zero-order valence-electron chi connectivity index (χ0n) is 12.5. The number of hydrogen-bond acceptors (Lipinski definition) is 3. The van der Waals surface area contributed by atoms with Crippen molar-refractivity contribution in [3.8, 4) is 0 Å². The maximum Gasteiger partial charge on any atom is 0.320 e. The number of carboxylic acids is 1. The lowest BCUT2D eigenvalue weighted by molar-refractivity contribution is -0.142. The molecule has 3 rings (SSSR count). The van der Waals surface area contributed by atoms with Crippen molar-refractivity contribution >= 4 is 17.8 Å². The minimum absolute atomic E-state index is 0.0489. The molecule has 0 unspecified atom stereocenters. The number of carboxylic acid groups (broad SMARTS) is 1. The first-order valence-corrected chi connectivity index (χ1v) is 7.99. The van der Waals surface area contributed by atoms with Crippen LogP contribution in [-0.2, 0) is 17.8 Å². The van der Waals surface area contributed by atoms with Crippen molar-refractivity contribution in [2.75, 3.05) is 5.32 Å². The van der Waals surface area contributed by atoms with E-state index in [0.29, 0.717) is 31.5 Å². The highest BCUT2D eigenvalue weighted by molar-refractivity contribution is 5.88. The Bertz CT molecular complexity index is 538. The van der Waals surface area contributed by atoms with Crippen LogP contribution in [0, 0.1) is 5.92 Å². The molecule has 1 fully saturated rings. The zero-order chi connectivity index (χ0) is 15.5. The Balaban J connectivity index is 1.48. The third-order valence-electron chi connectivity index (χ3n) is 4.57. The van der Waals surface area contributed by atoms with Crippen molar-refractivity contribution in [1.82, 2.24) is 15.1 Å². The fourth-order valence-corrected chi connectivity index (χ4v) is 3.30. The molecule has 1 aliphatic heterocycles. The van der Waals surface area contributed by atoms with Gasteiger partial charge in [0, 0.05) is 24.3 Å². The van der Waals surface area contributed by atoms with E-state index in [4.69, 9.17) is 5.11 Å². The fourth-order valence-electron chi connectivity index (χ4n) is 3.30. The quantitative estimate of drug-likeness (QED) is 0.795. The fraction of sp³-hybridized carbons (Fsp3) is 0.667. The van der Waals surface area contributed by atoms with E-state index in [2.05, 4.69) is 15.7 Å². The van der Waals surface area contributed by atoms with Crippen molar-refractivity contribution in [2.24, 2.45) is 5.92 Å². The Morgan fingerprint density at radius 3 is 2.68 bits per heavy atom. The van der Waals surface area contributed by atoms with Crippen molar-refractivity contribution < 1.29 is 14.7 Å². The van der Waals surface area contributed by atoms with Gasteiger partial charge in [0.15, 0.2) is 5.82 Å². The average molecular weight is 306 g/mol. The highest BCUT2D eigenvalue weighted by Crippen LogP contribution is 2.24. The molecule has 0 saturated heterocycles. The van der Waals surface area contributed by atoms with Gasteiger partial charge in [0.2, 0.25) is 0 Å². The molecular formula is C15H22N4O3. The van der Waals surface area contributed by atoms with Gasteiger partial charge in [-0.2, -0.15) is 5.10 Å². The summed E-state index contributed by atoms with van der Waals surface area (Å²) in [4.78, 5) is 22.9. The number of urea groups is 1. The molecule has 2 heterocycles. The SMILES string of the molecule is O=C(Nc1cc2n(n1)CCCC2)NC1CCC(C(=O)O)CC1. The molecular weight excluding hydrogens is 284 g/mol. The Morgan fingerprint density at radius 1 is 1.23 bits per heavy atom. The topological polar surface area (TPSA) is 96.3 Å². The number of carbonyl (C=O) groups excluding carboxylic acids is 1. The van der Waals surface area contributed by atoms with Crippen molar-refractivity contribution in [3.05, 3.63) is 11.8 Å². The minimum atomic E-state index is -0.730. The van der Waals surface area contributed by atoms with Gasteiger partial charge in [0.1, 0.15) is 0 Å². The first-order valence-electron chi connectivity index (χ1n) is 7.99. The number of aromatic nitrogens is 2. The molecule has 0 bridgehead atoms. The first-order chi connectivity index (χ1) is 10.6. The average Bonchev–Trinajstić information content (AvgIpc) is 2.89. The summed E-state index contributed by atoms with van der Waals surface area (Å²) in [7, 11) is 0. The summed E-state index contributed by atoms with van der Waals surface area (Å²) in [5.41, 5.74) is 1.17. The number of aliphatic carboxylic acids is 1. The summed E-state index contributed by atoms with van der Waals surface area (Å²) < 4.78 is 1.96. The molecule has 1 aromatic heterocycles. The van der Waals surface area contributed by atoms with Gasteiger partial charge >= 0.3 is 12.0 Å². The van der Waals surface area contributed by atoms with Crippen LogP contribution in [0.5, 0.6) is 0 Å². The van der Waals surface area contributed by atoms with E-state index in [1.54, 1.807) is 0 Å². The molecule has 0 spiro atoms. The number of fused-ring (bicyclic) bond motifs is 1. The smallest absolute Gasteiger partial charge is 0.320 e. The van der Waals surface area contributed by atoms with E-state index < -0.39 is 5.97 Å². The van der Waals surface area contributed by atoms with Crippen LogP contribution in [0.25, 0.3) is 0 Å². The molecule has 1 aromatic rings. The Hall–Kier alpha value is -2.05. The zero-order valence-corrected chi connectivity index (χ0v) is 12.5. The molecule has 7 heteroatoms. The lowest BCUT2D eigenvalue weighted by Gasteiger charge is -2.26. The highest BCUT2D eigenvalue weighted by Gasteiger charge is 2.26. The molecule has 3 N–H and O–H groups in total. The normalized spacial score (nSPS) is 24.4. The van der Waals surface area contributed by atoms with E-state index in [-0.39, 0.29) is 18.0 Å². The maximum absolute atomic E-state index is 12.0. The van der Waals surface area contributed by atoms with Gasteiger partial charge in [-0.05, 0) is 44.9 Å². The number of carbonyl (C=O) groups is 2. The number of hydrogen-bond donors (Lipinski definition) is 3. The largest absolute Gasteiger partial charge is 0.481 e. The maximum atomic E-state index is 12.0. The van der Waals surface area contributed by atoms with Crippen molar-refractivity contribution in [2.45, 2.75) is 57.5 Å². The van der Waals surface area contributed by atoms with Gasteiger partial charge in [-0.3, -0.25) is 14.8 Å². The number of nitrogens with zero attached hydrogens (tertiary/aromatic N) is 2. The van der Waals surface area contributed by atoms with Gasteiger partial charge in [0.25, 0.3) is 0 Å². The molecule has 0 radical (unpaired) electrons. The van der Waals surface area contributed by atoms with E-state index in [9.17, 15) is 9.59 Å². The third-order valence-corrected chi connectivity index (χ3v) is 4.57. The standard InChI is InChI=1S/C15H22N4O3/c20-14(21)10-4-6-11(7-5-10)16-15(22)17-13-9-12-3-1-2-8-19(12)18-13/h9-11H,1-8H2,(H,20,21)(H2,16,17,18,22). The van der Waals surface area contributed by atoms with Gasteiger partial charge in [-0.1, -0.05) is 0 Å². The van der Waals surface area contributed by atoms with Crippen LogP contribution in [0.15, 0.2) is 6.07 Å². The number of aryl methyl sites for hydroxylation is 2. The van der Waals surface area contributed by atoms with Gasteiger partial charge in [-0.15, -0.1) is 0 Å². The van der Waals surface area contributed by atoms with Crippen LogP contribution in [0.2, 0.25) is 0 Å². The summed E-state index contributed by atoms with van der Waals surface area (Å²) in [5, 5.41) is 19.1. The van der Waals surface area contributed by atoms with Crippen LogP contribution in [0.1, 0.15) is 44.2 Å². The Morgan fingerprint density at radius 2 is 2.00 bits per heavy atom. The molecule has 1 saturated carbocycles. The van der Waals surface area contributed by atoms with Crippen molar-refractivity contribution in [3.63, 3.8) is 0 Å². The highest BCUT2D eigenvalue weighted by atomic mass is 16.4. The number of anilines is 1. The Kier molecular flexibility index (Phi) is 4.31. The third kappa shape index (κ3) is 3.40. The van der Waals surface area contributed by atoms with Crippen molar-refractivity contribution in [1.29, 1.82) is 0 Å². The molecule has 7 nitrogen and oxygen atoms in total. The summed E-state index contributed by atoms with van der Waals surface area (Å²) in [6.07, 6.45) is 5.99. The molecule has 1 aliphatic carbocycles. The second kappa shape index (κ2) is 6.37. The molecule has 2 aliphatic rings.